The second-order valence-corrected chi connectivity index (χ2v) is 6.27. The van der Waals surface area contributed by atoms with Gasteiger partial charge in [-0.2, -0.15) is 0 Å². The van der Waals surface area contributed by atoms with Gasteiger partial charge in [0.05, 0.1) is 6.33 Å². The van der Waals surface area contributed by atoms with Gasteiger partial charge >= 0.3 is 0 Å². The van der Waals surface area contributed by atoms with Crippen molar-refractivity contribution in [1.29, 1.82) is 0 Å². The van der Waals surface area contributed by atoms with Gasteiger partial charge in [-0.05, 0) is 6.42 Å². The Labute approximate surface area is 98.9 Å². The fraction of sp³-hybridized carbons (Fsp3) is 0.727. The number of aromatic nitrogens is 2. The molecule has 4 nitrogen and oxygen atoms in total. The Bertz CT molecular complexity index is 373. The van der Waals surface area contributed by atoms with Crippen LogP contribution in [-0.2, 0) is 17.3 Å². The van der Waals surface area contributed by atoms with Gasteiger partial charge < -0.3 is 9.88 Å². The normalized spacial score (nSPS) is 20.4. The molecule has 1 N–H and O–H groups in total. The molecule has 2 heterocycles. The lowest BCUT2D eigenvalue weighted by Crippen LogP contribution is -2.41. The van der Waals surface area contributed by atoms with Gasteiger partial charge in [-0.3, -0.25) is 4.21 Å². The minimum Gasteiger partial charge on any atom is -0.334 e. The molecule has 0 aromatic carbocycles. The number of hydrogen-bond donors (Lipinski definition) is 1. The van der Waals surface area contributed by atoms with Gasteiger partial charge in [-0.1, -0.05) is 6.92 Å². The Morgan fingerprint density at radius 3 is 3.00 bits per heavy atom. The van der Waals surface area contributed by atoms with E-state index in [2.05, 4.69) is 14.9 Å². The second-order valence-electron chi connectivity index (χ2n) is 4.46. The van der Waals surface area contributed by atoms with Crippen LogP contribution in [0.3, 0.4) is 0 Å². The standard InChI is InChI=1S/C11H19N3OS/c1-9(16(2)15)3-4-14-8-13-7-11(14)10-5-12-6-10/h7-10,12H,3-6H2,1-2H3. The number of nitrogens with zero attached hydrogens (tertiary/aromatic N) is 2. The van der Waals surface area contributed by atoms with E-state index in [1.807, 2.05) is 19.4 Å². The first kappa shape index (κ1) is 11.8. The molecule has 2 unspecified atom stereocenters. The maximum absolute atomic E-state index is 11.3. The average Bonchev–Trinajstić information content (AvgIpc) is 2.59. The Morgan fingerprint density at radius 1 is 1.69 bits per heavy atom. The first-order chi connectivity index (χ1) is 7.68. The van der Waals surface area contributed by atoms with Crippen LogP contribution < -0.4 is 5.32 Å². The fourth-order valence-corrected chi connectivity index (χ4v) is 2.28. The SMILES string of the molecule is CC(CCn1cncc1C1CNC1)S(C)=O. The van der Waals surface area contributed by atoms with Crippen molar-refractivity contribution >= 4 is 10.8 Å². The van der Waals surface area contributed by atoms with Gasteiger partial charge in [0.2, 0.25) is 0 Å². The van der Waals surface area contributed by atoms with Crippen LogP contribution >= 0.6 is 0 Å². The van der Waals surface area contributed by atoms with Crippen molar-refractivity contribution in [1.82, 2.24) is 14.9 Å². The zero-order valence-electron chi connectivity index (χ0n) is 9.85. The minimum atomic E-state index is -0.723. The topological polar surface area (TPSA) is 46.9 Å². The molecule has 16 heavy (non-hydrogen) atoms. The summed E-state index contributed by atoms with van der Waals surface area (Å²) in [6.07, 6.45) is 6.57. The summed E-state index contributed by atoms with van der Waals surface area (Å²) in [5.41, 5.74) is 1.31. The second kappa shape index (κ2) is 5.10. The van der Waals surface area contributed by atoms with Crippen LogP contribution in [0.5, 0.6) is 0 Å². The van der Waals surface area contributed by atoms with Crippen LogP contribution in [0, 0.1) is 0 Å². The molecule has 0 aliphatic carbocycles. The first-order valence-electron chi connectivity index (χ1n) is 5.71. The zero-order valence-corrected chi connectivity index (χ0v) is 10.7. The van der Waals surface area contributed by atoms with Crippen molar-refractivity contribution in [2.24, 2.45) is 0 Å². The highest BCUT2D eigenvalue weighted by molar-refractivity contribution is 7.84. The molecule has 1 aliphatic heterocycles. The number of rotatable bonds is 5. The lowest BCUT2D eigenvalue weighted by atomic mass is 10.00. The van der Waals surface area contributed by atoms with Crippen LogP contribution in [-0.4, -0.2) is 38.4 Å². The third-order valence-electron chi connectivity index (χ3n) is 3.29. The fourth-order valence-electron chi connectivity index (χ4n) is 1.84. The molecule has 1 saturated heterocycles. The summed E-state index contributed by atoms with van der Waals surface area (Å²) in [5, 5.41) is 3.53. The largest absolute Gasteiger partial charge is 0.334 e. The third-order valence-corrected chi connectivity index (χ3v) is 4.66. The molecule has 0 saturated carbocycles. The highest BCUT2D eigenvalue weighted by Crippen LogP contribution is 2.19. The molecular formula is C11H19N3OS. The molecule has 0 amide bonds. The third kappa shape index (κ3) is 2.52. The van der Waals surface area contributed by atoms with Gasteiger partial charge in [-0.15, -0.1) is 0 Å². The smallest absolute Gasteiger partial charge is 0.0948 e. The van der Waals surface area contributed by atoms with Gasteiger partial charge in [0.15, 0.2) is 0 Å². The van der Waals surface area contributed by atoms with Crippen molar-refractivity contribution in [2.45, 2.75) is 31.1 Å². The summed E-state index contributed by atoms with van der Waals surface area (Å²) in [6, 6.07) is 0. The molecule has 1 fully saturated rings. The van der Waals surface area contributed by atoms with Crippen LogP contribution in [0.4, 0.5) is 0 Å². The van der Waals surface area contributed by atoms with Crippen molar-refractivity contribution in [3.63, 3.8) is 0 Å². The number of aryl methyl sites for hydroxylation is 1. The van der Waals surface area contributed by atoms with Gasteiger partial charge in [0, 0.05) is 59.7 Å². The summed E-state index contributed by atoms with van der Waals surface area (Å²) < 4.78 is 13.5. The Balaban J connectivity index is 1.93. The van der Waals surface area contributed by atoms with E-state index in [9.17, 15) is 4.21 Å². The van der Waals surface area contributed by atoms with Crippen LogP contribution in [0.25, 0.3) is 0 Å². The monoisotopic (exact) mass is 241 g/mol. The maximum Gasteiger partial charge on any atom is 0.0948 e. The summed E-state index contributed by atoms with van der Waals surface area (Å²) in [6.45, 7) is 5.08. The van der Waals surface area contributed by atoms with E-state index in [-0.39, 0.29) is 5.25 Å². The van der Waals surface area contributed by atoms with E-state index in [1.165, 1.54) is 5.69 Å². The molecule has 1 aromatic rings. The Kier molecular flexibility index (Phi) is 3.76. The van der Waals surface area contributed by atoms with E-state index in [0.717, 1.165) is 26.1 Å². The summed E-state index contributed by atoms with van der Waals surface area (Å²) in [4.78, 5) is 4.21. The molecule has 0 radical (unpaired) electrons. The van der Waals surface area contributed by atoms with Crippen LogP contribution in [0.15, 0.2) is 12.5 Å². The zero-order chi connectivity index (χ0) is 11.5. The quantitative estimate of drug-likeness (QED) is 0.826. The molecular weight excluding hydrogens is 222 g/mol. The summed E-state index contributed by atoms with van der Waals surface area (Å²) >= 11 is 0. The van der Waals surface area contributed by atoms with Crippen LogP contribution in [0.1, 0.15) is 25.0 Å². The van der Waals surface area contributed by atoms with Crippen molar-refractivity contribution in [3.8, 4) is 0 Å². The molecule has 0 bridgehead atoms. The molecule has 1 aliphatic rings. The van der Waals surface area contributed by atoms with E-state index in [0.29, 0.717) is 5.92 Å². The number of hydrogen-bond acceptors (Lipinski definition) is 3. The van der Waals surface area contributed by atoms with Gasteiger partial charge in [0.1, 0.15) is 0 Å². The predicted molar refractivity (Wildman–Crippen MR) is 66.0 cm³/mol. The van der Waals surface area contributed by atoms with Crippen LogP contribution in [0.2, 0.25) is 0 Å². The number of nitrogens with one attached hydrogen (secondary N) is 1. The lowest BCUT2D eigenvalue weighted by molar-refractivity contribution is 0.421. The Morgan fingerprint density at radius 2 is 2.44 bits per heavy atom. The first-order valence-corrected chi connectivity index (χ1v) is 7.33. The summed E-state index contributed by atoms with van der Waals surface area (Å²) in [7, 11) is -0.723. The van der Waals surface area contributed by atoms with E-state index >= 15 is 0 Å². The Hall–Kier alpha value is -0.680. The molecule has 1 aromatic heterocycles. The molecule has 90 valence electrons. The molecule has 5 heteroatoms. The van der Waals surface area contributed by atoms with Gasteiger partial charge in [-0.25, -0.2) is 4.98 Å². The molecule has 2 rings (SSSR count). The van der Waals surface area contributed by atoms with E-state index < -0.39 is 10.8 Å². The summed E-state index contributed by atoms with van der Waals surface area (Å²) in [5.74, 6) is 0.616. The lowest BCUT2D eigenvalue weighted by Gasteiger charge is -2.28. The van der Waals surface area contributed by atoms with Crippen molar-refractivity contribution in [3.05, 3.63) is 18.2 Å². The van der Waals surface area contributed by atoms with Crippen molar-refractivity contribution in [2.75, 3.05) is 19.3 Å². The van der Waals surface area contributed by atoms with E-state index in [4.69, 9.17) is 0 Å². The van der Waals surface area contributed by atoms with E-state index in [1.54, 1.807) is 6.26 Å². The van der Waals surface area contributed by atoms with Gasteiger partial charge in [0.25, 0.3) is 0 Å². The minimum absolute atomic E-state index is 0.259. The average molecular weight is 241 g/mol. The van der Waals surface area contributed by atoms with Crippen molar-refractivity contribution < 1.29 is 4.21 Å². The molecule has 2 atom stereocenters. The highest BCUT2D eigenvalue weighted by atomic mass is 32.2. The molecule has 0 spiro atoms. The number of imidazole rings is 1. The highest BCUT2D eigenvalue weighted by Gasteiger charge is 2.22. The predicted octanol–water partition coefficient (Wildman–Crippen LogP) is 0.727. The maximum atomic E-state index is 11.3.